The maximum atomic E-state index is 7.38. The summed E-state index contributed by atoms with van der Waals surface area (Å²) in [5.74, 6) is 3.15. The van der Waals surface area contributed by atoms with E-state index in [1.807, 2.05) is 26.0 Å². The van der Waals surface area contributed by atoms with Gasteiger partial charge in [-0.3, -0.25) is 0 Å². The Labute approximate surface area is 168 Å². The zero-order valence-corrected chi connectivity index (χ0v) is 17.4. The third kappa shape index (κ3) is 3.53. The molecule has 0 unspecified atom stereocenters. The minimum absolute atomic E-state index is 0.495. The third-order valence-electron chi connectivity index (χ3n) is 4.34. The van der Waals surface area contributed by atoms with Gasteiger partial charge in [0.1, 0.15) is 16.5 Å². The number of anilines is 1. The lowest BCUT2D eigenvalue weighted by molar-refractivity contribution is 0.324. The molecule has 0 spiro atoms. The normalized spacial score (nSPS) is 10.6. The van der Waals surface area contributed by atoms with Crippen LogP contribution in [0.15, 0.2) is 12.1 Å². The van der Waals surface area contributed by atoms with Crippen LogP contribution in [0.4, 0.5) is 10.8 Å². The summed E-state index contributed by atoms with van der Waals surface area (Å²) in [7, 11) is 4.76. The molecule has 3 rings (SSSR count). The smallest absolute Gasteiger partial charge is 0.246 e. The zero-order valence-electron chi connectivity index (χ0n) is 16.5. The number of aryl methyl sites for hydroxylation is 1. The van der Waals surface area contributed by atoms with Crippen molar-refractivity contribution in [2.75, 3.05) is 33.2 Å². The van der Waals surface area contributed by atoms with Crippen molar-refractivity contribution in [1.82, 2.24) is 9.97 Å². The maximum absolute atomic E-state index is 7.38. The standard InChI is InChI=1S/C20H22N4O3S/c1-7-22-18-16-11(2)19(21-3)28-20(16)24-15(23-18)10-12-8-13(25-4)17(27-6)14(9-12)26-5/h8-9H,7,10H2,1-2,4-6H3,(H,22,23,24). The molecule has 146 valence electrons. The van der Waals surface area contributed by atoms with Gasteiger partial charge in [0.05, 0.1) is 27.9 Å². The van der Waals surface area contributed by atoms with Gasteiger partial charge < -0.3 is 19.5 Å². The molecule has 0 saturated carbocycles. The average molecular weight is 398 g/mol. The molecule has 0 aliphatic rings. The van der Waals surface area contributed by atoms with Crippen LogP contribution in [0, 0.1) is 13.5 Å². The van der Waals surface area contributed by atoms with Crippen LogP contribution in [0.1, 0.15) is 23.9 Å². The van der Waals surface area contributed by atoms with E-state index < -0.39 is 0 Å². The van der Waals surface area contributed by atoms with E-state index in [9.17, 15) is 0 Å². The Morgan fingerprint density at radius 1 is 1.11 bits per heavy atom. The first-order chi connectivity index (χ1) is 13.6. The monoisotopic (exact) mass is 398 g/mol. The van der Waals surface area contributed by atoms with E-state index in [4.69, 9.17) is 30.8 Å². The SMILES string of the molecule is [C-]#[N+]c1sc2nc(Cc3cc(OC)c(OC)c(OC)c3)nc(NCC)c2c1C. The number of rotatable bonds is 7. The molecule has 0 atom stereocenters. The van der Waals surface area contributed by atoms with Gasteiger partial charge in [-0.15, -0.1) is 11.3 Å². The first-order valence-electron chi connectivity index (χ1n) is 8.76. The van der Waals surface area contributed by atoms with Crippen molar-refractivity contribution in [2.24, 2.45) is 0 Å². The van der Waals surface area contributed by atoms with Gasteiger partial charge in [-0.25, -0.2) is 14.8 Å². The molecular weight excluding hydrogens is 376 g/mol. The number of nitrogens with zero attached hydrogens (tertiary/aromatic N) is 3. The highest BCUT2D eigenvalue weighted by Crippen LogP contribution is 2.41. The Kier molecular flexibility index (Phi) is 5.85. The molecule has 2 heterocycles. The molecule has 0 amide bonds. The van der Waals surface area contributed by atoms with Crippen molar-refractivity contribution < 1.29 is 14.2 Å². The third-order valence-corrected chi connectivity index (χ3v) is 5.42. The van der Waals surface area contributed by atoms with Crippen molar-refractivity contribution in [1.29, 1.82) is 0 Å². The van der Waals surface area contributed by atoms with Crippen molar-refractivity contribution in [3.05, 3.63) is 40.5 Å². The number of thiophene rings is 1. The number of hydrogen-bond donors (Lipinski definition) is 1. The van der Waals surface area contributed by atoms with E-state index in [0.717, 1.165) is 33.7 Å². The van der Waals surface area contributed by atoms with Gasteiger partial charge in [0.15, 0.2) is 11.5 Å². The second-order valence-corrected chi connectivity index (χ2v) is 7.03. The molecule has 2 aromatic heterocycles. The number of hydrogen-bond acceptors (Lipinski definition) is 7. The Balaban J connectivity index is 2.09. The van der Waals surface area contributed by atoms with Gasteiger partial charge in [0.2, 0.25) is 10.8 Å². The molecule has 0 aliphatic carbocycles. The molecule has 28 heavy (non-hydrogen) atoms. The van der Waals surface area contributed by atoms with Crippen LogP contribution >= 0.6 is 11.3 Å². The van der Waals surface area contributed by atoms with Gasteiger partial charge in [-0.05, 0) is 37.1 Å². The summed E-state index contributed by atoms with van der Waals surface area (Å²) < 4.78 is 16.3. The summed E-state index contributed by atoms with van der Waals surface area (Å²) in [6.45, 7) is 12.1. The van der Waals surface area contributed by atoms with Crippen molar-refractivity contribution in [3.8, 4) is 17.2 Å². The van der Waals surface area contributed by atoms with Gasteiger partial charge in [-0.1, -0.05) is 0 Å². The molecule has 7 nitrogen and oxygen atoms in total. The predicted octanol–water partition coefficient (Wildman–Crippen LogP) is 4.60. The van der Waals surface area contributed by atoms with Crippen molar-refractivity contribution in [3.63, 3.8) is 0 Å². The van der Waals surface area contributed by atoms with Crippen molar-refractivity contribution in [2.45, 2.75) is 20.3 Å². The number of fused-ring (bicyclic) bond motifs is 1. The molecule has 0 bridgehead atoms. The van der Waals surface area contributed by atoms with Crippen LogP contribution < -0.4 is 19.5 Å². The summed E-state index contributed by atoms with van der Waals surface area (Å²) in [5.41, 5.74) is 1.86. The molecule has 0 radical (unpaired) electrons. The Hall–Kier alpha value is -3.05. The summed E-state index contributed by atoms with van der Waals surface area (Å²) in [6.07, 6.45) is 0.495. The van der Waals surface area contributed by atoms with E-state index >= 15 is 0 Å². The second kappa shape index (κ2) is 8.31. The largest absolute Gasteiger partial charge is 0.493 e. The lowest BCUT2D eigenvalue weighted by atomic mass is 10.1. The lowest BCUT2D eigenvalue weighted by Gasteiger charge is -2.14. The number of methoxy groups -OCH3 is 3. The minimum atomic E-state index is 0.495. The molecule has 3 aromatic rings. The molecule has 1 aromatic carbocycles. The first kappa shape index (κ1) is 19.7. The maximum Gasteiger partial charge on any atom is 0.246 e. The van der Waals surface area contributed by atoms with Crippen LogP contribution in [-0.4, -0.2) is 37.8 Å². The summed E-state index contributed by atoms with van der Waals surface area (Å²) in [4.78, 5) is 13.9. The highest BCUT2D eigenvalue weighted by atomic mass is 32.1. The van der Waals surface area contributed by atoms with Crippen LogP contribution in [0.25, 0.3) is 15.1 Å². The Morgan fingerprint density at radius 2 is 1.79 bits per heavy atom. The van der Waals surface area contributed by atoms with Crippen LogP contribution in [0.3, 0.4) is 0 Å². The highest BCUT2D eigenvalue weighted by Gasteiger charge is 2.18. The van der Waals surface area contributed by atoms with E-state index in [2.05, 4.69) is 10.2 Å². The topological polar surface area (TPSA) is 69.9 Å². The van der Waals surface area contributed by atoms with Gasteiger partial charge in [0.25, 0.3) is 0 Å². The van der Waals surface area contributed by atoms with Gasteiger partial charge >= 0.3 is 0 Å². The number of nitrogens with one attached hydrogen (secondary N) is 1. The number of benzene rings is 1. The van der Waals surface area contributed by atoms with E-state index in [1.54, 1.807) is 21.3 Å². The van der Waals surface area contributed by atoms with Crippen LogP contribution in [0.2, 0.25) is 0 Å². The quantitative estimate of drug-likeness (QED) is 0.587. The minimum Gasteiger partial charge on any atom is -0.493 e. The average Bonchev–Trinajstić information content (AvgIpc) is 3.03. The molecule has 1 N–H and O–H groups in total. The van der Waals surface area contributed by atoms with Crippen molar-refractivity contribution >= 4 is 32.4 Å². The summed E-state index contributed by atoms with van der Waals surface area (Å²) >= 11 is 1.40. The van der Waals surface area contributed by atoms with Gasteiger partial charge in [-0.2, -0.15) is 0 Å². The molecular formula is C20H22N4O3S. The molecule has 0 saturated heterocycles. The van der Waals surface area contributed by atoms with E-state index in [1.165, 1.54) is 11.3 Å². The number of aromatic nitrogens is 2. The molecule has 8 heteroatoms. The fourth-order valence-corrected chi connectivity index (χ4v) is 4.06. The van der Waals surface area contributed by atoms with E-state index in [-0.39, 0.29) is 0 Å². The van der Waals surface area contributed by atoms with E-state index in [0.29, 0.717) is 34.5 Å². The fraction of sp³-hybridized carbons (Fsp3) is 0.350. The summed E-state index contributed by atoms with van der Waals surface area (Å²) in [6, 6.07) is 3.79. The van der Waals surface area contributed by atoms with Crippen LogP contribution in [0.5, 0.6) is 17.2 Å². The zero-order chi connectivity index (χ0) is 20.3. The lowest BCUT2D eigenvalue weighted by Crippen LogP contribution is -2.05. The Bertz CT molecular complexity index is 1030. The summed E-state index contributed by atoms with van der Waals surface area (Å²) in [5, 5.41) is 4.87. The van der Waals surface area contributed by atoms with Crippen LogP contribution in [-0.2, 0) is 6.42 Å². The first-order valence-corrected chi connectivity index (χ1v) is 9.58. The predicted molar refractivity (Wildman–Crippen MR) is 111 cm³/mol. The molecule has 0 fully saturated rings. The number of ether oxygens (including phenoxy) is 3. The second-order valence-electron chi connectivity index (χ2n) is 6.05. The van der Waals surface area contributed by atoms with Gasteiger partial charge in [0, 0.05) is 18.4 Å². The fourth-order valence-electron chi connectivity index (χ4n) is 3.07. The highest BCUT2D eigenvalue weighted by molar-refractivity contribution is 7.22. The molecule has 0 aliphatic heterocycles. The Morgan fingerprint density at radius 3 is 2.32 bits per heavy atom.